The summed E-state index contributed by atoms with van der Waals surface area (Å²) in [5.41, 5.74) is 6.44. The number of rotatable bonds is 4. The van der Waals surface area contributed by atoms with Gasteiger partial charge in [-0.25, -0.2) is 8.42 Å². The SMILES string of the molecule is CCC1(C)CCN(S(=O)(=O)c2ccc(N)c(OC)c2)CC1. The van der Waals surface area contributed by atoms with Crippen LogP contribution in [0.15, 0.2) is 23.1 Å². The van der Waals surface area contributed by atoms with E-state index in [9.17, 15) is 8.42 Å². The molecule has 0 aliphatic carbocycles. The van der Waals surface area contributed by atoms with E-state index in [0.717, 1.165) is 19.3 Å². The Morgan fingerprint density at radius 2 is 1.95 bits per heavy atom. The summed E-state index contributed by atoms with van der Waals surface area (Å²) in [4.78, 5) is 0.244. The zero-order valence-corrected chi connectivity index (χ0v) is 13.7. The van der Waals surface area contributed by atoms with Crippen molar-refractivity contribution in [2.45, 2.75) is 38.0 Å². The highest BCUT2D eigenvalue weighted by atomic mass is 32.2. The predicted octanol–water partition coefficient (Wildman–Crippen LogP) is 2.48. The number of nitrogen functional groups attached to an aromatic ring is 1. The van der Waals surface area contributed by atoms with Gasteiger partial charge in [0.25, 0.3) is 0 Å². The average molecular weight is 312 g/mol. The number of sulfonamides is 1. The van der Waals surface area contributed by atoms with Gasteiger partial charge in [0.2, 0.25) is 10.0 Å². The highest BCUT2D eigenvalue weighted by molar-refractivity contribution is 7.89. The van der Waals surface area contributed by atoms with E-state index >= 15 is 0 Å². The summed E-state index contributed by atoms with van der Waals surface area (Å²) < 4.78 is 32.1. The molecular weight excluding hydrogens is 288 g/mol. The molecule has 0 aromatic heterocycles. The lowest BCUT2D eigenvalue weighted by molar-refractivity contribution is 0.169. The zero-order chi connectivity index (χ0) is 15.7. The first-order chi connectivity index (χ1) is 9.82. The maximum Gasteiger partial charge on any atom is 0.243 e. The number of hydrogen-bond donors (Lipinski definition) is 1. The smallest absolute Gasteiger partial charge is 0.243 e. The minimum absolute atomic E-state index is 0.244. The molecule has 1 aliphatic rings. The quantitative estimate of drug-likeness (QED) is 0.867. The summed E-state index contributed by atoms with van der Waals surface area (Å²) in [6.45, 7) is 5.52. The highest BCUT2D eigenvalue weighted by Gasteiger charge is 2.34. The maximum absolute atomic E-state index is 12.7. The van der Waals surface area contributed by atoms with E-state index in [-0.39, 0.29) is 10.3 Å². The van der Waals surface area contributed by atoms with Gasteiger partial charge in [0, 0.05) is 19.2 Å². The van der Waals surface area contributed by atoms with E-state index < -0.39 is 10.0 Å². The minimum atomic E-state index is -3.47. The van der Waals surface area contributed by atoms with Crippen molar-refractivity contribution in [3.63, 3.8) is 0 Å². The van der Waals surface area contributed by atoms with E-state index in [1.54, 1.807) is 16.4 Å². The van der Waals surface area contributed by atoms with Crippen LogP contribution in [-0.2, 0) is 10.0 Å². The standard InChI is InChI=1S/C15H24N2O3S/c1-4-15(2)7-9-17(10-8-15)21(18,19)12-5-6-13(16)14(11-12)20-3/h5-6,11H,4,7-10,16H2,1-3H3. The largest absolute Gasteiger partial charge is 0.495 e. The maximum atomic E-state index is 12.7. The third kappa shape index (κ3) is 3.16. The van der Waals surface area contributed by atoms with Crippen LogP contribution in [0.4, 0.5) is 5.69 Å². The van der Waals surface area contributed by atoms with Crippen molar-refractivity contribution in [1.82, 2.24) is 4.31 Å². The van der Waals surface area contributed by atoms with E-state index in [1.807, 2.05) is 0 Å². The second-order valence-corrected chi connectivity index (χ2v) is 7.91. The molecular formula is C15H24N2O3S. The predicted molar refractivity (Wildman–Crippen MR) is 83.8 cm³/mol. The Balaban J connectivity index is 2.23. The first-order valence-electron chi connectivity index (χ1n) is 7.26. The van der Waals surface area contributed by atoms with Gasteiger partial charge in [0.15, 0.2) is 0 Å². The molecule has 0 radical (unpaired) electrons. The number of nitrogens with zero attached hydrogens (tertiary/aromatic N) is 1. The number of anilines is 1. The molecule has 0 atom stereocenters. The van der Waals surface area contributed by atoms with Crippen LogP contribution in [0.2, 0.25) is 0 Å². The van der Waals surface area contributed by atoms with Gasteiger partial charge in [-0.2, -0.15) is 4.31 Å². The fourth-order valence-corrected chi connectivity index (χ4v) is 4.08. The fourth-order valence-electron chi connectivity index (χ4n) is 2.62. The van der Waals surface area contributed by atoms with Crippen molar-refractivity contribution in [1.29, 1.82) is 0 Å². The average Bonchev–Trinajstić information content (AvgIpc) is 2.48. The Bertz CT molecular complexity index is 605. The van der Waals surface area contributed by atoms with Crippen LogP contribution in [0.5, 0.6) is 5.75 Å². The molecule has 0 unspecified atom stereocenters. The minimum Gasteiger partial charge on any atom is -0.495 e. The van der Waals surface area contributed by atoms with Gasteiger partial charge in [-0.3, -0.25) is 0 Å². The Kier molecular flexibility index (Phi) is 4.49. The van der Waals surface area contributed by atoms with E-state index in [2.05, 4.69) is 13.8 Å². The lowest BCUT2D eigenvalue weighted by Gasteiger charge is -2.38. The number of hydrogen-bond acceptors (Lipinski definition) is 4. The lowest BCUT2D eigenvalue weighted by Crippen LogP contribution is -2.41. The molecule has 118 valence electrons. The Morgan fingerprint density at radius 1 is 1.33 bits per heavy atom. The van der Waals surface area contributed by atoms with Crippen molar-refractivity contribution >= 4 is 15.7 Å². The normalized spacial score (nSPS) is 19.4. The summed E-state index contributed by atoms with van der Waals surface area (Å²) >= 11 is 0. The molecule has 21 heavy (non-hydrogen) atoms. The number of nitrogens with two attached hydrogens (primary N) is 1. The van der Waals surface area contributed by atoms with Crippen LogP contribution < -0.4 is 10.5 Å². The third-order valence-corrected chi connectivity index (χ3v) is 6.52. The van der Waals surface area contributed by atoms with Crippen LogP contribution in [0.1, 0.15) is 33.1 Å². The molecule has 1 aromatic rings. The van der Waals surface area contributed by atoms with Crippen LogP contribution in [0, 0.1) is 5.41 Å². The van der Waals surface area contributed by atoms with Crippen LogP contribution in [-0.4, -0.2) is 32.9 Å². The van der Waals surface area contributed by atoms with Gasteiger partial charge >= 0.3 is 0 Å². The van der Waals surface area contributed by atoms with Crippen molar-refractivity contribution in [3.8, 4) is 5.75 Å². The third-order valence-electron chi connectivity index (χ3n) is 4.63. The number of benzene rings is 1. The Morgan fingerprint density at radius 3 is 2.48 bits per heavy atom. The molecule has 1 aliphatic heterocycles. The van der Waals surface area contributed by atoms with Crippen molar-refractivity contribution < 1.29 is 13.2 Å². The van der Waals surface area contributed by atoms with Gasteiger partial charge in [-0.05, 0) is 30.4 Å². The van der Waals surface area contributed by atoms with Crippen LogP contribution in [0.3, 0.4) is 0 Å². The Hall–Kier alpha value is -1.27. The molecule has 1 heterocycles. The highest BCUT2D eigenvalue weighted by Crippen LogP contribution is 2.36. The molecule has 1 fully saturated rings. The van der Waals surface area contributed by atoms with Crippen molar-refractivity contribution in [3.05, 3.63) is 18.2 Å². The molecule has 0 bridgehead atoms. The molecule has 0 amide bonds. The number of piperidine rings is 1. The molecule has 1 aromatic carbocycles. The van der Waals surface area contributed by atoms with Crippen LogP contribution in [0.25, 0.3) is 0 Å². The molecule has 0 spiro atoms. The second kappa shape index (κ2) is 5.85. The zero-order valence-electron chi connectivity index (χ0n) is 12.9. The monoisotopic (exact) mass is 312 g/mol. The second-order valence-electron chi connectivity index (χ2n) is 5.97. The summed E-state index contributed by atoms with van der Waals surface area (Å²) in [6, 6.07) is 4.62. The summed E-state index contributed by atoms with van der Waals surface area (Å²) in [6.07, 6.45) is 2.88. The summed E-state index contributed by atoms with van der Waals surface area (Å²) in [5, 5.41) is 0. The molecule has 2 rings (SSSR count). The van der Waals surface area contributed by atoms with Gasteiger partial charge in [0.05, 0.1) is 17.7 Å². The number of methoxy groups -OCH3 is 1. The lowest BCUT2D eigenvalue weighted by atomic mass is 9.79. The Labute approximate surface area is 127 Å². The molecule has 6 heteroatoms. The van der Waals surface area contributed by atoms with Gasteiger partial charge in [-0.15, -0.1) is 0 Å². The van der Waals surface area contributed by atoms with Gasteiger partial charge in [-0.1, -0.05) is 20.3 Å². The van der Waals surface area contributed by atoms with Crippen molar-refractivity contribution in [2.24, 2.45) is 5.41 Å². The van der Waals surface area contributed by atoms with Gasteiger partial charge in [0.1, 0.15) is 5.75 Å². The molecule has 2 N–H and O–H groups in total. The topological polar surface area (TPSA) is 72.6 Å². The van der Waals surface area contributed by atoms with E-state index in [1.165, 1.54) is 13.2 Å². The molecule has 5 nitrogen and oxygen atoms in total. The molecule has 0 saturated carbocycles. The van der Waals surface area contributed by atoms with Crippen LogP contribution >= 0.6 is 0 Å². The van der Waals surface area contributed by atoms with E-state index in [0.29, 0.717) is 24.5 Å². The first-order valence-corrected chi connectivity index (χ1v) is 8.70. The van der Waals surface area contributed by atoms with E-state index in [4.69, 9.17) is 10.5 Å². The van der Waals surface area contributed by atoms with Crippen molar-refractivity contribution in [2.75, 3.05) is 25.9 Å². The van der Waals surface area contributed by atoms with Gasteiger partial charge < -0.3 is 10.5 Å². The number of ether oxygens (including phenoxy) is 1. The summed E-state index contributed by atoms with van der Waals surface area (Å²) in [7, 11) is -1.99. The first kappa shape index (κ1) is 16.1. The fraction of sp³-hybridized carbons (Fsp3) is 0.600. The summed E-state index contributed by atoms with van der Waals surface area (Å²) in [5.74, 6) is 0.395. The molecule has 1 saturated heterocycles.